The maximum Gasteiger partial charge on any atom is 0.328 e. The number of hydrogen-bond donors (Lipinski definition) is 7. The average Bonchev–Trinajstić information content (AvgIpc) is 3.63. The maximum absolute atomic E-state index is 12.5. The standard InChI is InChI=1S/C22H30N4O5S.C19H18N4O6S/c27-19-9-14(3-4-18(19)26-13-20(28)25-32(26,30)31)2-1-5-23-21(29)24-22-10-15-6-16(11-22)8-17(7-15)12-22;24-16-10-12(7-8-15(16)23-11-17(25)21-30(23,28)29)4-3-9-22-18(26)13-5-1-2-6-14(13)20-19(22)27/h3-4,9,15-17,27H,1-2,5-8,10-13H2,(H,25,28)(H2,23,24,29);1-2,5-8,10,24H,3-4,9,11H2,(H,20,27)(H,21,25). The monoisotopic (exact) mass is 892 g/mol. The molecule has 0 radical (unpaired) electrons. The summed E-state index contributed by atoms with van der Waals surface area (Å²) < 4.78 is 54.2. The first-order valence-corrected chi connectivity index (χ1v) is 23.4. The lowest BCUT2D eigenvalue weighted by molar-refractivity contribution is -0.118. The van der Waals surface area contributed by atoms with E-state index in [0.717, 1.165) is 55.8 Å². The van der Waals surface area contributed by atoms with Gasteiger partial charge in [0.15, 0.2) is 0 Å². The molecular formula is C41H48N8O11S2. The molecule has 4 saturated carbocycles. The minimum atomic E-state index is -4.01. The minimum Gasteiger partial charge on any atom is -0.506 e. The first-order chi connectivity index (χ1) is 29.5. The number of nitrogens with zero attached hydrogens (tertiary/aromatic N) is 3. The van der Waals surface area contributed by atoms with Crippen molar-refractivity contribution in [3.63, 3.8) is 0 Å². The van der Waals surface area contributed by atoms with Crippen LogP contribution in [0.15, 0.2) is 70.3 Å². The third kappa shape index (κ3) is 8.94. The number of aryl methyl sites for hydroxylation is 2. The van der Waals surface area contributed by atoms with Gasteiger partial charge in [0, 0.05) is 18.6 Å². The highest BCUT2D eigenvalue weighted by Gasteiger charge is 2.51. The molecule has 2 saturated heterocycles. The normalized spacial score (nSPS) is 24.0. The van der Waals surface area contributed by atoms with Crippen LogP contribution in [0.5, 0.6) is 11.5 Å². The zero-order chi connectivity index (χ0) is 44.0. The van der Waals surface area contributed by atoms with Gasteiger partial charge in [-0.15, -0.1) is 0 Å². The van der Waals surface area contributed by atoms with E-state index in [9.17, 15) is 51.0 Å². The number of H-pyrrole nitrogens is 1. The number of carbonyl (C=O) groups excluding carboxylic acids is 3. The van der Waals surface area contributed by atoms with Gasteiger partial charge in [0.25, 0.3) is 17.4 Å². The van der Waals surface area contributed by atoms with Crippen molar-refractivity contribution in [3.8, 4) is 11.5 Å². The highest BCUT2D eigenvalue weighted by atomic mass is 32.2. The number of anilines is 2. The van der Waals surface area contributed by atoms with Gasteiger partial charge in [-0.05, 0) is 129 Å². The van der Waals surface area contributed by atoms with Crippen LogP contribution >= 0.6 is 0 Å². The van der Waals surface area contributed by atoms with E-state index in [-0.39, 0.29) is 53.1 Å². The molecule has 0 unspecified atom stereocenters. The fraction of sp³-hybridized carbons (Fsp3) is 0.439. The molecule has 10 rings (SSSR count). The van der Waals surface area contributed by atoms with E-state index in [0.29, 0.717) is 48.7 Å². The van der Waals surface area contributed by atoms with Crippen molar-refractivity contribution in [1.29, 1.82) is 0 Å². The maximum atomic E-state index is 12.5. The van der Waals surface area contributed by atoms with Crippen molar-refractivity contribution in [3.05, 3.63) is 92.6 Å². The molecule has 6 aliphatic rings. The zero-order valence-electron chi connectivity index (χ0n) is 33.6. The molecule has 4 aromatic rings. The molecule has 4 aliphatic carbocycles. The molecule has 21 heteroatoms. The molecule has 4 bridgehead atoms. The lowest BCUT2D eigenvalue weighted by Crippen LogP contribution is -2.61. The lowest BCUT2D eigenvalue weighted by atomic mass is 9.53. The van der Waals surface area contributed by atoms with Crippen molar-refractivity contribution in [1.82, 2.24) is 29.6 Å². The Morgan fingerprint density at radius 1 is 0.726 bits per heavy atom. The second-order valence-electron chi connectivity index (χ2n) is 16.9. The summed E-state index contributed by atoms with van der Waals surface area (Å²) in [7, 11) is -7.96. The van der Waals surface area contributed by atoms with Crippen molar-refractivity contribution in [2.24, 2.45) is 17.8 Å². The second-order valence-corrected chi connectivity index (χ2v) is 20.1. The van der Waals surface area contributed by atoms with E-state index in [1.165, 1.54) is 43.5 Å². The summed E-state index contributed by atoms with van der Waals surface area (Å²) in [4.78, 5) is 62.7. The minimum absolute atomic E-state index is 0.000655. The highest BCUT2D eigenvalue weighted by molar-refractivity contribution is 7.92. The van der Waals surface area contributed by atoms with Crippen molar-refractivity contribution in [2.75, 3.05) is 28.2 Å². The van der Waals surface area contributed by atoms with E-state index < -0.39 is 44.5 Å². The Bertz CT molecular complexity index is 2760. The fourth-order valence-electron chi connectivity index (χ4n) is 10.1. The summed E-state index contributed by atoms with van der Waals surface area (Å²) in [6, 6.07) is 15.8. The molecular weight excluding hydrogens is 845 g/mol. The van der Waals surface area contributed by atoms with Crippen LogP contribution in [0.3, 0.4) is 0 Å². The van der Waals surface area contributed by atoms with E-state index >= 15 is 0 Å². The summed E-state index contributed by atoms with van der Waals surface area (Å²) in [6.45, 7) is -0.0546. The van der Waals surface area contributed by atoms with Gasteiger partial charge in [-0.2, -0.15) is 16.8 Å². The molecule has 330 valence electrons. The number of hydrogen-bond acceptors (Lipinski definition) is 11. The van der Waals surface area contributed by atoms with Crippen LogP contribution in [0, 0.1) is 17.8 Å². The third-order valence-corrected chi connectivity index (χ3v) is 15.1. The van der Waals surface area contributed by atoms with Crippen LogP contribution in [0.4, 0.5) is 16.2 Å². The van der Waals surface area contributed by atoms with Gasteiger partial charge in [0.2, 0.25) is 0 Å². The Morgan fingerprint density at radius 2 is 1.24 bits per heavy atom. The van der Waals surface area contributed by atoms with Crippen molar-refractivity contribution < 1.29 is 41.4 Å². The molecule has 0 atom stereocenters. The van der Waals surface area contributed by atoms with Crippen LogP contribution in [-0.2, 0) is 49.4 Å². The molecule has 3 heterocycles. The Morgan fingerprint density at radius 3 is 1.74 bits per heavy atom. The lowest BCUT2D eigenvalue weighted by Gasteiger charge is -2.56. The van der Waals surface area contributed by atoms with Gasteiger partial charge in [-0.25, -0.2) is 27.6 Å². The first kappa shape index (κ1) is 42.6. The number of amides is 4. The largest absolute Gasteiger partial charge is 0.506 e. The van der Waals surface area contributed by atoms with Crippen LogP contribution in [0.2, 0.25) is 0 Å². The molecule has 0 spiro atoms. The number of benzene rings is 3. The Labute approximate surface area is 356 Å². The predicted octanol–water partition coefficient (Wildman–Crippen LogP) is 1.98. The van der Waals surface area contributed by atoms with E-state index in [1.54, 1.807) is 36.4 Å². The summed E-state index contributed by atoms with van der Waals surface area (Å²) in [5, 5.41) is 27.2. The average molecular weight is 893 g/mol. The number of aromatic nitrogens is 2. The quantitative estimate of drug-likeness (QED) is 0.107. The summed E-state index contributed by atoms with van der Waals surface area (Å²) in [5.41, 5.74) is 1.20. The number of phenols is 2. The van der Waals surface area contributed by atoms with E-state index in [4.69, 9.17) is 0 Å². The smallest absolute Gasteiger partial charge is 0.328 e. The van der Waals surface area contributed by atoms with Gasteiger partial charge in [0.1, 0.15) is 24.6 Å². The number of para-hydroxylation sites is 1. The number of fused-ring (bicyclic) bond motifs is 1. The second kappa shape index (κ2) is 16.6. The van der Waals surface area contributed by atoms with E-state index in [2.05, 4.69) is 15.6 Å². The number of rotatable bonds is 11. The van der Waals surface area contributed by atoms with Crippen LogP contribution < -0.4 is 39.9 Å². The van der Waals surface area contributed by atoms with Gasteiger partial charge >= 0.3 is 32.1 Å². The molecule has 3 aromatic carbocycles. The van der Waals surface area contributed by atoms with Gasteiger partial charge < -0.3 is 25.8 Å². The predicted molar refractivity (Wildman–Crippen MR) is 228 cm³/mol. The topological polar surface area (TPSA) is 269 Å². The van der Waals surface area contributed by atoms with Crippen molar-refractivity contribution in [2.45, 2.75) is 76.3 Å². The Kier molecular flexibility index (Phi) is 11.4. The fourth-order valence-corrected chi connectivity index (χ4v) is 12.4. The van der Waals surface area contributed by atoms with E-state index in [1.807, 2.05) is 9.44 Å². The summed E-state index contributed by atoms with van der Waals surface area (Å²) >= 11 is 0. The summed E-state index contributed by atoms with van der Waals surface area (Å²) in [5.74, 6) is 0.546. The van der Waals surface area contributed by atoms with Gasteiger partial charge in [-0.1, -0.05) is 24.3 Å². The number of aromatic hydroxyl groups is 2. The zero-order valence-corrected chi connectivity index (χ0v) is 35.3. The first-order valence-electron chi connectivity index (χ1n) is 20.6. The number of nitrogens with one attached hydrogen (secondary N) is 5. The number of carbonyl (C=O) groups is 3. The molecule has 7 N–H and O–H groups in total. The van der Waals surface area contributed by atoms with Gasteiger partial charge in [-0.3, -0.25) is 19.0 Å². The molecule has 6 fully saturated rings. The van der Waals surface area contributed by atoms with Crippen LogP contribution in [-0.4, -0.2) is 79.6 Å². The van der Waals surface area contributed by atoms with Crippen LogP contribution in [0.1, 0.15) is 62.5 Å². The highest BCUT2D eigenvalue weighted by Crippen LogP contribution is 2.55. The third-order valence-electron chi connectivity index (χ3n) is 12.3. The molecule has 2 aliphatic heterocycles. The Balaban J connectivity index is 0.000000171. The SMILES string of the molecule is O=C1CN(c2ccc(CCCNC(=O)NC34CC5CC(CC(C5)C3)C4)cc2O)S(=O)(=O)N1.O=C1CN(c2ccc(CCCn3c(=O)[nH]c4ccccc4c3=O)cc2O)S(=O)(=O)N1. The number of urea groups is 1. The Hall–Kier alpha value is -6.09. The van der Waals surface area contributed by atoms with Crippen LogP contribution in [0.25, 0.3) is 10.9 Å². The molecule has 62 heavy (non-hydrogen) atoms. The number of aromatic amines is 1. The van der Waals surface area contributed by atoms with Gasteiger partial charge in [0.05, 0.1) is 22.3 Å². The summed E-state index contributed by atoms with van der Waals surface area (Å²) in [6.07, 6.45) is 9.56. The molecule has 4 amide bonds. The molecule has 1 aromatic heterocycles. The number of phenolic OH excluding ortho intramolecular Hbond substituents is 2. The molecule has 19 nitrogen and oxygen atoms in total. The van der Waals surface area contributed by atoms with Crippen molar-refractivity contribution >= 4 is 60.5 Å².